The molecule has 28 heavy (non-hydrogen) atoms. The number of hydrogen-bond acceptors (Lipinski definition) is 5. The molecule has 0 atom stereocenters. The highest BCUT2D eigenvalue weighted by molar-refractivity contribution is 7.88. The van der Waals surface area contributed by atoms with Crippen LogP contribution >= 0.6 is 0 Å². The van der Waals surface area contributed by atoms with Crippen molar-refractivity contribution in [3.05, 3.63) is 64.7 Å². The van der Waals surface area contributed by atoms with E-state index in [1.807, 2.05) is 12.1 Å². The molecule has 1 saturated heterocycles. The molecule has 0 bridgehead atoms. The first-order chi connectivity index (χ1) is 13.5. The average molecular weight is 398 g/mol. The largest absolute Gasteiger partial charge is 0.493 e. The van der Waals surface area contributed by atoms with Crippen molar-refractivity contribution in [1.82, 2.24) is 9.21 Å². The normalized spacial score (nSPS) is 17.7. The summed E-state index contributed by atoms with van der Waals surface area (Å²) in [7, 11) is -3.35. The lowest BCUT2D eigenvalue weighted by molar-refractivity contribution is 0.181. The van der Waals surface area contributed by atoms with Crippen LogP contribution in [0.4, 0.5) is 0 Å². The van der Waals surface area contributed by atoms with E-state index in [9.17, 15) is 8.42 Å². The van der Waals surface area contributed by atoms with Gasteiger partial charge >= 0.3 is 0 Å². The fourth-order valence-corrected chi connectivity index (χ4v) is 5.26. The minimum atomic E-state index is -3.35. The summed E-state index contributed by atoms with van der Waals surface area (Å²) in [5.41, 5.74) is 3.76. The third kappa shape index (κ3) is 4.20. The molecule has 6 nitrogen and oxygen atoms in total. The smallest absolute Gasteiger partial charge is 0.218 e. The number of fused-ring (bicyclic) bond motifs is 1. The summed E-state index contributed by atoms with van der Waals surface area (Å²) >= 11 is 0. The van der Waals surface area contributed by atoms with Gasteiger partial charge in [-0.1, -0.05) is 24.3 Å². The van der Waals surface area contributed by atoms with Gasteiger partial charge in [-0.3, -0.25) is 4.90 Å². The Hall–Kier alpha value is -2.40. The molecule has 2 aliphatic rings. The van der Waals surface area contributed by atoms with Crippen LogP contribution < -0.4 is 4.74 Å². The molecule has 0 aromatic heterocycles. The molecule has 7 heteroatoms. The van der Waals surface area contributed by atoms with Crippen LogP contribution in [0.2, 0.25) is 0 Å². The minimum Gasteiger partial charge on any atom is -0.493 e. The van der Waals surface area contributed by atoms with Crippen LogP contribution in [0.15, 0.2) is 42.5 Å². The third-order valence-corrected chi connectivity index (χ3v) is 7.17. The number of benzene rings is 2. The summed E-state index contributed by atoms with van der Waals surface area (Å²) < 4.78 is 32.6. The number of nitriles is 1. The van der Waals surface area contributed by atoms with Gasteiger partial charge in [-0.2, -0.15) is 9.57 Å². The van der Waals surface area contributed by atoms with Crippen LogP contribution in [0.25, 0.3) is 0 Å². The van der Waals surface area contributed by atoms with Crippen LogP contribution in [-0.4, -0.2) is 50.4 Å². The summed E-state index contributed by atoms with van der Waals surface area (Å²) in [4.78, 5) is 2.30. The Balaban J connectivity index is 1.33. The Labute approximate surface area is 166 Å². The van der Waals surface area contributed by atoms with Crippen molar-refractivity contribution in [2.24, 2.45) is 0 Å². The minimum absolute atomic E-state index is 0.0243. The van der Waals surface area contributed by atoms with Crippen LogP contribution in [-0.2, 0) is 28.7 Å². The van der Waals surface area contributed by atoms with Crippen LogP contribution in [0.1, 0.15) is 22.3 Å². The van der Waals surface area contributed by atoms with Gasteiger partial charge in [0, 0.05) is 39.1 Å². The molecule has 0 saturated carbocycles. The zero-order chi connectivity index (χ0) is 19.6. The Bertz CT molecular complexity index is 989. The van der Waals surface area contributed by atoms with Crippen molar-refractivity contribution < 1.29 is 13.2 Å². The van der Waals surface area contributed by atoms with E-state index >= 15 is 0 Å². The van der Waals surface area contributed by atoms with Gasteiger partial charge in [0.25, 0.3) is 0 Å². The number of piperazine rings is 1. The van der Waals surface area contributed by atoms with E-state index in [1.54, 1.807) is 28.6 Å². The van der Waals surface area contributed by atoms with Crippen LogP contribution in [0, 0.1) is 11.3 Å². The van der Waals surface area contributed by atoms with E-state index in [1.165, 1.54) is 11.1 Å². The number of nitrogens with zero attached hydrogens (tertiary/aromatic N) is 3. The van der Waals surface area contributed by atoms with Crippen molar-refractivity contribution in [2.45, 2.75) is 18.7 Å². The topological polar surface area (TPSA) is 73.6 Å². The molecule has 0 spiro atoms. The van der Waals surface area contributed by atoms with Gasteiger partial charge < -0.3 is 4.74 Å². The molecule has 2 aromatic rings. The summed E-state index contributed by atoms with van der Waals surface area (Å²) in [5.74, 6) is 0.964. The monoisotopic (exact) mass is 397 g/mol. The van der Waals surface area contributed by atoms with E-state index in [0.717, 1.165) is 38.4 Å². The second kappa shape index (κ2) is 7.92. The molecule has 0 unspecified atom stereocenters. The fraction of sp³-hybridized carbons (Fsp3) is 0.381. The Morgan fingerprint density at radius 1 is 1.00 bits per heavy atom. The molecule has 2 aromatic carbocycles. The maximum atomic E-state index is 12.7. The molecule has 4 rings (SSSR count). The Morgan fingerprint density at radius 3 is 2.43 bits per heavy atom. The molecular formula is C21H23N3O3S. The van der Waals surface area contributed by atoms with Gasteiger partial charge in [-0.05, 0) is 34.9 Å². The maximum Gasteiger partial charge on any atom is 0.218 e. The fourth-order valence-electron chi connectivity index (χ4n) is 3.74. The van der Waals surface area contributed by atoms with E-state index < -0.39 is 10.0 Å². The average Bonchev–Trinajstić information content (AvgIpc) is 3.17. The SMILES string of the molecule is N#Cc1ccc(CS(=O)(=O)N2CCN(Cc3ccc4c(c3)CCO4)CC2)cc1. The van der Waals surface area contributed by atoms with Crippen molar-refractivity contribution in [1.29, 1.82) is 5.26 Å². The molecule has 0 N–H and O–H groups in total. The zero-order valence-electron chi connectivity index (χ0n) is 15.7. The van der Waals surface area contributed by atoms with Crippen LogP contribution in [0.3, 0.4) is 0 Å². The number of hydrogen-bond donors (Lipinski definition) is 0. The highest BCUT2D eigenvalue weighted by Gasteiger charge is 2.27. The molecule has 0 radical (unpaired) electrons. The number of ether oxygens (including phenoxy) is 1. The molecule has 1 fully saturated rings. The van der Waals surface area contributed by atoms with E-state index in [0.29, 0.717) is 24.2 Å². The Kier molecular flexibility index (Phi) is 5.36. The van der Waals surface area contributed by atoms with E-state index in [2.05, 4.69) is 17.0 Å². The lowest BCUT2D eigenvalue weighted by Crippen LogP contribution is -2.48. The van der Waals surface area contributed by atoms with Gasteiger partial charge in [0.1, 0.15) is 5.75 Å². The molecule has 0 aliphatic carbocycles. The molecule has 146 valence electrons. The van der Waals surface area contributed by atoms with Crippen LogP contribution in [0.5, 0.6) is 5.75 Å². The maximum absolute atomic E-state index is 12.7. The summed E-state index contributed by atoms with van der Waals surface area (Å²) in [6.45, 7) is 4.05. The number of sulfonamides is 1. The summed E-state index contributed by atoms with van der Waals surface area (Å²) in [5, 5.41) is 8.85. The lowest BCUT2D eigenvalue weighted by Gasteiger charge is -2.34. The van der Waals surface area contributed by atoms with Gasteiger partial charge in [-0.15, -0.1) is 0 Å². The molecule has 2 heterocycles. The van der Waals surface area contributed by atoms with Gasteiger partial charge in [-0.25, -0.2) is 8.42 Å². The van der Waals surface area contributed by atoms with E-state index in [-0.39, 0.29) is 5.75 Å². The predicted octanol–water partition coefficient (Wildman–Crippen LogP) is 2.14. The standard InChI is InChI=1S/C21H23N3O3S/c22-14-17-1-3-18(4-2-17)16-28(25,26)24-10-8-23(9-11-24)15-19-5-6-21-20(13-19)7-12-27-21/h1-6,13H,7-12,15-16H2. The first-order valence-electron chi connectivity index (χ1n) is 9.47. The van der Waals surface area contributed by atoms with Crippen molar-refractivity contribution >= 4 is 10.0 Å². The van der Waals surface area contributed by atoms with Gasteiger partial charge in [0.2, 0.25) is 10.0 Å². The highest BCUT2D eigenvalue weighted by atomic mass is 32.2. The number of rotatable bonds is 5. The quantitative estimate of drug-likeness (QED) is 0.773. The predicted molar refractivity (Wildman–Crippen MR) is 106 cm³/mol. The zero-order valence-corrected chi connectivity index (χ0v) is 16.5. The lowest BCUT2D eigenvalue weighted by atomic mass is 10.1. The second-order valence-corrected chi connectivity index (χ2v) is 9.25. The van der Waals surface area contributed by atoms with Gasteiger partial charge in [0.15, 0.2) is 0 Å². The van der Waals surface area contributed by atoms with Gasteiger partial charge in [0.05, 0.1) is 24.0 Å². The highest BCUT2D eigenvalue weighted by Crippen LogP contribution is 2.26. The third-order valence-electron chi connectivity index (χ3n) is 5.32. The van der Waals surface area contributed by atoms with Crippen molar-refractivity contribution in [3.63, 3.8) is 0 Å². The summed E-state index contributed by atoms with van der Waals surface area (Å²) in [6, 6.07) is 15.1. The Morgan fingerprint density at radius 2 is 1.71 bits per heavy atom. The summed E-state index contributed by atoms with van der Waals surface area (Å²) in [6.07, 6.45) is 0.963. The van der Waals surface area contributed by atoms with Crippen molar-refractivity contribution in [2.75, 3.05) is 32.8 Å². The van der Waals surface area contributed by atoms with Crippen molar-refractivity contribution in [3.8, 4) is 11.8 Å². The molecular weight excluding hydrogens is 374 g/mol. The second-order valence-electron chi connectivity index (χ2n) is 7.28. The molecule has 2 aliphatic heterocycles. The van der Waals surface area contributed by atoms with E-state index in [4.69, 9.17) is 10.00 Å². The molecule has 0 amide bonds. The first kappa shape index (κ1) is 18.9. The first-order valence-corrected chi connectivity index (χ1v) is 11.1.